The van der Waals surface area contributed by atoms with Crippen LogP contribution in [0.2, 0.25) is 0 Å². The molecule has 28 heavy (non-hydrogen) atoms. The minimum atomic E-state index is -0.487. The van der Waals surface area contributed by atoms with Crippen molar-refractivity contribution in [1.82, 2.24) is 10.2 Å². The van der Waals surface area contributed by atoms with Crippen molar-refractivity contribution in [2.45, 2.75) is 32.0 Å². The van der Waals surface area contributed by atoms with Crippen LogP contribution in [0.25, 0.3) is 4.85 Å². The van der Waals surface area contributed by atoms with Gasteiger partial charge in [-0.1, -0.05) is 36.9 Å². The van der Waals surface area contributed by atoms with E-state index in [2.05, 4.69) is 16.7 Å². The van der Waals surface area contributed by atoms with Crippen molar-refractivity contribution < 1.29 is 14.3 Å². The van der Waals surface area contributed by atoms with E-state index in [0.29, 0.717) is 48.7 Å². The smallest absolute Gasteiger partial charge is 0.255 e. The van der Waals surface area contributed by atoms with Gasteiger partial charge in [0.25, 0.3) is 5.91 Å². The van der Waals surface area contributed by atoms with Gasteiger partial charge in [-0.3, -0.25) is 9.59 Å². The predicted octanol–water partition coefficient (Wildman–Crippen LogP) is 3.56. The Bertz CT molecular complexity index is 1000. The van der Waals surface area contributed by atoms with E-state index in [4.69, 9.17) is 11.3 Å². The molecule has 1 fully saturated rings. The lowest BCUT2D eigenvalue weighted by Crippen LogP contribution is -2.49. The molecule has 140 valence electrons. The van der Waals surface area contributed by atoms with Gasteiger partial charge >= 0.3 is 0 Å². The molecule has 0 saturated carbocycles. The Morgan fingerprint density at radius 3 is 2.71 bits per heavy atom. The van der Waals surface area contributed by atoms with Crippen molar-refractivity contribution in [2.24, 2.45) is 0 Å². The van der Waals surface area contributed by atoms with Gasteiger partial charge in [0, 0.05) is 16.8 Å². The van der Waals surface area contributed by atoms with Crippen molar-refractivity contribution in [3.63, 3.8) is 0 Å². The zero-order valence-corrected chi connectivity index (χ0v) is 15.3. The van der Waals surface area contributed by atoms with E-state index in [-0.39, 0.29) is 11.8 Å². The minimum Gasteiger partial charge on any atom is -0.489 e. The van der Waals surface area contributed by atoms with E-state index in [0.717, 1.165) is 11.1 Å². The summed E-state index contributed by atoms with van der Waals surface area (Å²) in [4.78, 5) is 30.2. The molecule has 1 unspecified atom stereocenters. The molecular formula is C22H19N3O3. The van der Waals surface area contributed by atoms with Crippen LogP contribution in [-0.2, 0) is 17.9 Å². The number of benzene rings is 2. The number of nitrogens with one attached hydrogen (secondary N) is 1. The number of allylic oxidation sites excluding steroid dienone is 1. The van der Waals surface area contributed by atoms with Crippen molar-refractivity contribution in [3.05, 3.63) is 82.8 Å². The maximum atomic E-state index is 12.9. The molecule has 4 rings (SSSR count). The maximum absolute atomic E-state index is 12.9. The third-order valence-electron chi connectivity index (χ3n) is 5.11. The Kier molecular flexibility index (Phi) is 4.58. The number of hydrogen-bond donors (Lipinski definition) is 1. The molecule has 2 amide bonds. The summed E-state index contributed by atoms with van der Waals surface area (Å²) in [5.74, 6) is 0.317. The van der Waals surface area contributed by atoms with Crippen molar-refractivity contribution in [2.75, 3.05) is 0 Å². The Hall–Kier alpha value is -3.59. The second-order valence-corrected chi connectivity index (χ2v) is 6.93. The van der Waals surface area contributed by atoms with Gasteiger partial charge in [-0.05, 0) is 30.5 Å². The highest BCUT2D eigenvalue weighted by Crippen LogP contribution is 2.34. The molecular weight excluding hydrogens is 354 g/mol. The van der Waals surface area contributed by atoms with E-state index < -0.39 is 6.04 Å². The molecule has 0 spiro atoms. The van der Waals surface area contributed by atoms with Crippen LogP contribution >= 0.6 is 0 Å². The van der Waals surface area contributed by atoms with Crippen LogP contribution in [0.4, 0.5) is 5.69 Å². The average molecular weight is 373 g/mol. The third-order valence-corrected chi connectivity index (χ3v) is 5.11. The van der Waals surface area contributed by atoms with E-state index in [1.165, 1.54) is 0 Å². The highest BCUT2D eigenvalue weighted by atomic mass is 16.5. The molecule has 1 saturated heterocycles. The van der Waals surface area contributed by atoms with E-state index in [1.54, 1.807) is 29.2 Å². The number of hydrogen-bond acceptors (Lipinski definition) is 3. The Morgan fingerprint density at radius 2 is 2.00 bits per heavy atom. The number of fused-ring (bicyclic) bond motifs is 1. The molecule has 1 N–H and O–H groups in total. The lowest BCUT2D eigenvalue weighted by atomic mass is 10.0. The molecule has 0 bridgehead atoms. The third kappa shape index (κ3) is 3.23. The van der Waals surface area contributed by atoms with Crippen LogP contribution in [0, 0.1) is 6.57 Å². The van der Waals surface area contributed by atoms with Crippen LogP contribution < -0.4 is 10.1 Å². The van der Waals surface area contributed by atoms with Gasteiger partial charge in [0.1, 0.15) is 18.4 Å². The van der Waals surface area contributed by atoms with Gasteiger partial charge in [0.05, 0.1) is 13.1 Å². The fourth-order valence-corrected chi connectivity index (χ4v) is 3.60. The lowest BCUT2D eigenvalue weighted by Gasteiger charge is -2.31. The molecule has 0 aromatic heterocycles. The van der Waals surface area contributed by atoms with Crippen molar-refractivity contribution >= 4 is 17.5 Å². The SMILES string of the molecule is [C-]#[N+]c1ccc(COc2cccc3c2CN(C2CCC(=C)NC2=O)C3=O)cc1. The topological polar surface area (TPSA) is 63.0 Å². The highest BCUT2D eigenvalue weighted by Gasteiger charge is 2.39. The predicted molar refractivity (Wildman–Crippen MR) is 104 cm³/mol. The summed E-state index contributed by atoms with van der Waals surface area (Å²) in [7, 11) is 0. The van der Waals surface area contributed by atoms with E-state index in [1.807, 2.05) is 18.2 Å². The molecule has 0 radical (unpaired) electrons. The van der Waals surface area contributed by atoms with Crippen LogP contribution in [0.3, 0.4) is 0 Å². The molecule has 6 heteroatoms. The number of ether oxygens (including phenoxy) is 1. The van der Waals surface area contributed by atoms with Gasteiger partial charge in [-0.2, -0.15) is 0 Å². The Morgan fingerprint density at radius 1 is 1.21 bits per heavy atom. The van der Waals surface area contributed by atoms with Crippen molar-refractivity contribution in [1.29, 1.82) is 0 Å². The zero-order valence-electron chi connectivity index (χ0n) is 15.3. The number of carbonyl (C=O) groups excluding carboxylic acids is 2. The minimum absolute atomic E-state index is 0.144. The first-order valence-corrected chi connectivity index (χ1v) is 9.07. The van der Waals surface area contributed by atoms with Crippen molar-refractivity contribution in [3.8, 4) is 5.75 Å². The molecule has 0 aliphatic carbocycles. The Balaban J connectivity index is 1.51. The van der Waals surface area contributed by atoms with Crippen LogP contribution in [0.1, 0.15) is 34.3 Å². The first-order chi connectivity index (χ1) is 13.6. The standard InChI is InChI=1S/C22H19N3O3/c1-14-6-11-19(21(26)24-14)25-12-18-17(22(25)27)4-3-5-20(18)28-13-15-7-9-16(23-2)10-8-15/h3-5,7-10,19H,1,6,11-13H2,(H,24,26). The van der Waals surface area contributed by atoms with E-state index in [9.17, 15) is 9.59 Å². The van der Waals surface area contributed by atoms with E-state index >= 15 is 0 Å². The fourth-order valence-electron chi connectivity index (χ4n) is 3.60. The Labute approximate surface area is 163 Å². The first kappa shape index (κ1) is 17.8. The molecule has 2 aromatic rings. The normalized spacial score (nSPS) is 18.5. The summed E-state index contributed by atoms with van der Waals surface area (Å²) < 4.78 is 5.97. The van der Waals surface area contributed by atoms with Gasteiger partial charge in [0.2, 0.25) is 5.91 Å². The fraction of sp³-hybridized carbons (Fsp3) is 0.227. The average Bonchev–Trinajstić information content (AvgIpc) is 3.04. The van der Waals surface area contributed by atoms with Crippen LogP contribution in [0.5, 0.6) is 5.75 Å². The zero-order chi connectivity index (χ0) is 19.7. The lowest BCUT2D eigenvalue weighted by molar-refractivity contribution is -0.126. The summed E-state index contributed by atoms with van der Waals surface area (Å²) in [6.45, 7) is 11.5. The summed E-state index contributed by atoms with van der Waals surface area (Å²) in [6.07, 6.45) is 1.24. The maximum Gasteiger partial charge on any atom is 0.255 e. The molecule has 6 nitrogen and oxygen atoms in total. The highest BCUT2D eigenvalue weighted by molar-refractivity contribution is 6.02. The van der Waals surface area contributed by atoms with Gasteiger partial charge < -0.3 is 15.0 Å². The largest absolute Gasteiger partial charge is 0.489 e. The molecule has 2 heterocycles. The summed E-state index contributed by atoms with van der Waals surface area (Å²) in [5, 5.41) is 2.74. The van der Waals surface area contributed by atoms with Gasteiger partial charge in [-0.15, -0.1) is 0 Å². The molecule has 1 atom stereocenters. The summed E-state index contributed by atoms with van der Waals surface area (Å²) >= 11 is 0. The summed E-state index contributed by atoms with van der Waals surface area (Å²) in [5.41, 5.74) is 3.61. The number of piperidine rings is 1. The molecule has 2 aliphatic heterocycles. The molecule has 2 aromatic carbocycles. The van der Waals surface area contributed by atoms with Gasteiger partial charge in [0.15, 0.2) is 5.69 Å². The number of carbonyl (C=O) groups is 2. The monoisotopic (exact) mass is 373 g/mol. The quantitative estimate of drug-likeness (QED) is 0.834. The van der Waals surface area contributed by atoms with Crippen LogP contribution in [0.15, 0.2) is 54.7 Å². The second-order valence-electron chi connectivity index (χ2n) is 6.93. The second kappa shape index (κ2) is 7.20. The van der Waals surface area contributed by atoms with Crippen LogP contribution in [-0.4, -0.2) is 22.8 Å². The first-order valence-electron chi connectivity index (χ1n) is 9.07. The number of nitrogens with zero attached hydrogens (tertiary/aromatic N) is 2. The summed E-state index contributed by atoms with van der Waals surface area (Å²) in [6, 6.07) is 12.1. The number of amides is 2. The van der Waals surface area contributed by atoms with Gasteiger partial charge in [-0.25, -0.2) is 4.85 Å². The number of rotatable bonds is 4. The molecule has 2 aliphatic rings.